The van der Waals surface area contributed by atoms with Crippen molar-refractivity contribution in [3.8, 4) is 0 Å². The van der Waals surface area contributed by atoms with E-state index in [2.05, 4.69) is 16.0 Å². The Morgan fingerprint density at radius 2 is 1.67 bits per heavy atom. The van der Waals surface area contributed by atoms with E-state index in [1.807, 2.05) is 13.8 Å². The van der Waals surface area contributed by atoms with Crippen LogP contribution in [-0.2, 0) is 9.59 Å². The molecular weight excluding hydrogens is 238 g/mol. The normalized spacial score (nSPS) is 11.4. The second-order valence-corrected chi connectivity index (χ2v) is 3.95. The highest BCUT2D eigenvalue weighted by Crippen LogP contribution is 1.89. The molecule has 0 rings (SSSR count). The van der Waals surface area contributed by atoms with Crippen molar-refractivity contribution in [1.29, 1.82) is 0 Å². The van der Waals surface area contributed by atoms with Crippen LogP contribution in [0.15, 0.2) is 0 Å². The van der Waals surface area contributed by atoms with Gasteiger partial charge in [-0.15, -0.1) is 0 Å². The van der Waals surface area contributed by atoms with E-state index in [1.54, 1.807) is 0 Å². The molecule has 0 radical (unpaired) electrons. The Balaban J connectivity index is 3.55. The van der Waals surface area contributed by atoms with Gasteiger partial charge in [-0.25, -0.2) is 4.79 Å². The zero-order chi connectivity index (χ0) is 14.0. The van der Waals surface area contributed by atoms with Gasteiger partial charge in [-0.2, -0.15) is 0 Å². The van der Waals surface area contributed by atoms with Gasteiger partial charge in [0.1, 0.15) is 0 Å². The molecule has 1 unspecified atom stereocenters. The summed E-state index contributed by atoms with van der Waals surface area (Å²) in [4.78, 5) is 32.7. The minimum absolute atomic E-state index is 0.0697. The standard InChI is InChI=1S/C11H21N3O4/c1-3-8(2)14-9(15)4-6-12-11(18)13-7-5-10(16)17/h8H,3-7H2,1-2H3,(H,14,15)(H,16,17)(H2,12,13,18). The molecule has 18 heavy (non-hydrogen) atoms. The monoisotopic (exact) mass is 259 g/mol. The lowest BCUT2D eigenvalue weighted by atomic mass is 10.2. The van der Waals surface area contributed by atoms with Gasteiger partial charge >= 0.3 is 12.0 Å². The van der Waals surface area contributed by atoms with Crippen LogP contribution >= 0.6 is 0 Å². The number of carbonyl (C=O) groups excluding carboxylic acids is 2. The van der Waals surface area contributed by atoms with E-state index in [4.69, 9.17) is 5.11 Å². The zero-order valence-corrected chi connectivity index (χ0v) is 10.8. The van der Waals surface area contributed by atoms with Gasteiger partial charge in [0.2, 0.25) is 5.91 Å². The predicted octanol–water partition coefficient (Wildman–Crippen LogP) is 0.0651. The molecule has 0 aromatic carbocycles. The van der Waals surface area contributed by atoms with E-state index >= 15 is 0 Å². The minimum atomic E-state index is -0.969. The summed E-state index contributed by atoms with van der Waals surface area (Å²) >= 11 is 0. The van der Waals surface area contributed by atoms with E-state index in [0.29, 0.717) is 0 Å². The first-order chi connectivity index (χ1) is 8.45. The number of carbonyl (C=O) groups is 3. The molecule has 0 saturated heterocycles. The van der Waals surface area contributed by atoms with Crippen LogP contribution < -0.4 is 16.0 Å². The van der Waals surface area contributed by atoms with E-state index in [-0.39, 0.29) is 37.9 Å². The summed E-state index contributed by atoms with van der Waals surface area (Å²) in [5.74, 6) is -1.08. The summed E-state index contributed by atoms with van der Waals surface area (Å²) in [6, 6.07) is -0.338. The number of amides is 3. The third-order valence-corrected chi connectivity index (χ3v) is 2.28. The highest BCUT2D eigenvalue weighted by atomic mass is 16.4. The largest absolute Gasteiger partial charge is 0.481 e. The molecule has 0 aliphatic heterocycles. The number of urea groups is 1. The van der Waals surface area contributed by atoms with E-state index in [9.17, 15) is 14.4 Å². The summed E-state index contributed by atoms with van der Waals surface area (Å²) in [6.07, 6.45) is 0.938. The molecule has 0 spiro atoms. The van der Waals surface area contributed by atoms with Gasteiger partial charge in [-0.1, -0.05) is 6.92 Å². The Bertz CT molecular complexity index is 294. The highest BCUT2D eigenvalue weighted by Gasteiger charge is 2.06. The molecule has 7 nitrogen and oxygen atoms in total. The molecule has 0 aromatic heterocycles. The van der Waals surface area contributed by atoms with Crippen LogP contribution in [0.1, 0.15) is 33.1 Å². The fourth-order valence-corrected chi connectivity index (χ4v) is 1.08. The van der Waals surface area contributed by atoms with Gasteiger partial charge in [0.05, 0.1) is 6.42 Å². The molecule has 3 amide bonds. The van der Waals surface area contributed by atoms with Gasteiger partial charge in [-0.3, -0.25) is 9.59 Å². The van der Waals surface area contributed by atoms with Crippen LogP contribution in [0.4, 0.5) is 4.79 Å². The fraction of sp³-hybridized carbons (Fsp3) is 0.727. The topological polar surface area (TPSA) is 108 Å². The Morgan fingerprint density at radius 3 is 2.17 bits per heavy atom. The Labute approximate surface area is 106 Å². The van der Waals surface area contributed by atoms with Gasteiger partial charge < -0.3 is 21.1 Å². The van der Waals surface area contributed by atoms with Crippen molar-refractivity contribution in [2.45, 2.75) is 39.2 Å². The number of carboxylic acids is 1. The third-order valence-electron chi connectivity index (χ3n) is 2.28. The first-order valence-corrected chi connectivity index (χ1v) is 5.98. The molecule has 104 valence electrons. The molecule has 0 bridgehead atoms. The maximum absolute atomic E-state index is 11.3. The van der Waals surface area contributed by atoms with Crippen LogP contribution in [0.5, 0.6) is 0 Å². The summed E-state index contributed by atoms with van der Waals surface area (Å²) in [7, 11) is 0. The molecule has 0 aromatic rings. The van der Waals surface area contributed by atoms with Crippen LogP contribution in [0.3, 0.4) is 0 Å². The second kappa shape index (κ2) is 9.26. The van der Waals surface area contributed by atoms with E-state index in [1.165, 1.54) is 0 Å². The Hall–Kier alpha value is -1.79. The molecule has 4 N–H and O–H groups in total. The lowest BCUT2D eigenvalue weighted by Gasteiger charge is -2.11. The quantitative estimate of drug-likeness (QED) is 0.494. The maximum Gasteiger partial charge on any atom is 0.314 e. The van der Waals surface area contributed by atoms with Gasteiger partial charge in [0, 0.05) is 25.6 Å². The molecule has 0 saturated carbocycles. The summed E-state index contributed by atoms with van der Waals surface area (Å²) in [6.45, 7) is 4.17. The number of hydrogen-bond acceptors (Lipinski definition) is 3. The Kier molecular flexibility index (Phi) is 8.34. The van der Waals surface area contributed by atoms with Crippen LogP contribution in [0.2, 0.25) is 0 Å². The summed E-state index contributed by atoms with van der Waals surface area (Å²) in [5, 5.41) is 16.0. The first kappa shape index (κ1) is 16.2. The zero-order valence-electron chi connectivity index (χ0n) is 10.8. The van der Waals surface area contributed by atoms with Gasteiger partial charge in [0.25, 0.3) is 0 Å². The van der Waals surface area contributed by atoms with Crippen molar-refractivity contribution in [2.24, 2.45) is 0 Å². The maximum atomic E-state index is 11.3. The van der Waals surface area contributed by atoms with Crippen molar-refractivity contribution in [2.75, 3.05) is 13.1 Å². The van der Waals surface area contributed by atoms with Crippen LogP contribution in [0.25, 0.3) is 0 Å². The summed E-state index contributed by atoms with van der Waals surface area (Å²) < 4.78 is 0. The highest BCUT2D eigenvalue weighted by molar-refractivity contribution is 5.78. The van der Waals surface area contributed by atoms with Gasteiger partial charge in [0.15, 0.2) is 0 Å². The molecule has 7 heteroatoms. The Morgan fingerprint density at radius 1 is 1.11 bits per heavy atom. The average Bonchev–Trinajstić information content (AvgIpc) is 2.28. The smallest absolute Gasteiger partial charge is 0.314 e. The number of hydrogen-bond donors (Lipinski definition) is 4. The molecule has 0 fully saturated rings. The van der Waals surface area contributed by atoms with Gasteiger partial charge in [-0.05, 0) is 13.3 Å². The third kappa shape index (κ3) is 9.44. The van der Waals surface area contributed by atoms with E-state index in [0.717, 1.165) is 6.42 Å². The number of aliphatic carboxylic acids is 1. The van der Waals surface area contributed by atoms with Crippen LogP contribution in [0, 0.1) is 0 Å². The molecular formula is C11H21N3O4. The second-order valence-electron chi connectivity index (χ2n) is 3.95. The average molecular weight is 259 g/mol. The van der Waals surface area contributed by atoms with Crippen molar-refractivity contribution in [1.82, 2.24) is 16.0 Å². The lowest BCUT2D eigenvalue weighted by molar-refractivity contribution is -0.136. The molecule has 0 heterocycles. The van der Waals surface area contributed by atoms with Crippen LogP contribution in [-0.4, -0.2) is 42.1 Å². The number of carboxylic acid groups (broad SMARTS) is 1. The SMILES string of the molecule is CCC(C)NC(=O)CCNC(=O)NCCC(=O)O. The van der Waals surface area contributed by atoms with Crippen molar-refractivity contribution in [3.63, 3.8) is 0 Å². The molecule has 0 aliphatic carbocycles. The fourth-order valence-electron chi connectivity index (χ4n) is 1.08. The molecule has 1 atom stereocenters. The first-order valence-electron chi connectivity index (χ1n) is 5.98. The number of nitrogens with one attached hydrogen (secondary N) is 3. The minimum Gasteiger partial charge on any atom is -0.481 e. The van der Waals surface area contributed by atoms with Crippen molar-refractivity contribution >= 4 is 17.9 Å². The molecule has 0 aliphatic rings. The predicted molar refractivity (Wildman–Crippen MR) is 66.2 cm³/mol. The van der Waals surface area contributed by atoms with Crippen molar-refractivity contribution < 1.29 is 19.5 Å². The lowest BCUT2D eigenvalue weighted by Crippen LogP contribution is -2.39. The number of rotatable bonds is 8. The summed E-state index contributed by atoms with van der Waals surface area (Å²) in [5.41, 5.74) is 0. The van der Waals surface area contributed by atoms with Crippen molar-refractivity contribution in [3.05, 3.63) is 0 Å². The van der Waals surface area contributed by atoms with E-state index < -0.39 is 12.0 Å².